The van der Waals surface area contributed by atoms with E-state index < -0.39 is 0 Å². The molecule has 0 radical (unpaired) electrons. The molecule has 1 saturated heterocycles. The number of carbonyl (C=O) groups is 2. The quantitative estimate of drug-likeness (QED) is 0.721. The van der Waals surface area contributed by atoms with Crippen molar-refractivity contribution in [3.8, 4) is 0 Å². The molecule has 5 nitrogen and oxygen atoms in total. The largest absolute Gasteiger partial charge is 0.352 e. The predicted molar refractivity (Wildman–Crippen MR) is 118 cm³/mol. The first-order chi connectivity index (χ1) is 13.9. The average molecular weight is 440 g/mol. The first kappa shape index (κ1) is 22.4. The fourth-order valence-corrected chi connectivity index (χ4v) is 4.91. The molecule has 160 valence electrons. The molecule has 2 aliphatic rings. The van der Waals surface area contributed by atoms with Crippen LogP contribution in [0.4, 0.5) is 0 Å². The molecule has 0 spiro atoms. The lowest BCUT2D eigenvalue weighted by Gasteiger charge is -2.41. The zero-order chi connectivity index (χ0) is 21.0. The van der Waals surface area contributed by atoms with Gasteiger partial charge < -0.3 is 10.2 Å². The highest BCUT2D eigenvalue weighted by molar-refractivity contribution is 6.36. The number of hydrogen-bond donors (Lipinski definition) is 1. The van der Waals surface area contributed by atoms with Gasteiger partial charge in [0.05, 0.1) is 16.6 Å². The van der Waals surface area contributed by atoms with Crippen molar-refractivity contribution in [2.24, 2.45) is 5.92 Å². The Labute approximate surface area is 183 Å². The summed E-state index contributed by atoms with van der Waals surface area (Å²) >= 11 is 12.2. The van der Waals surface area contributed by atoms with E-state index in [0.29, 0.717) is 47.7 Å². The molecular weight excluding hydrogens is 409 g/mol. The summed E-state index contributed by atoms with van der Waals surface area (Å²) < 4.78 is 0. The summed E-state index contributed by atoms with van der Waals surface area (Å²) in [4.78, 5) is 30.0. The van der Waals surface area contributed by atoms with Gasteiger partial charge in [-0.2, -0.15) is 0 Å². The Morgan fingerprint density at radius 2 is 1.79 bits per heavy atom. The maximum atomic E-state index is 13.0. The molecule has 2 fully saturated rings. The second-order valence-corrected chi connectivity index (χ2v) is 9.10. The van der Waals surface area contributed by atoms with Crippen molar-refractivity contribution in [2.75, 3.05) is 26.2 Å². The molecule has 0 aromatic heterocycles. The Hall–Kier alpha value is -1.30. The van der Waals surface area contributed by atoms with Crippen LogP contribution in [0.1, 0.15) is 56.3 Å². The first-order valence-electron chi connectivity index (χ1n) is 10.7. The average Bonchev–Trinajstić information content (AvgIpc) is 3.22. The molecule has 3 rings (SSSR count). The lowest BCUT2D eigenvalue weighted by molar-refractivity contribution is -0.129. The van der Waals surface area contributed by atoms with Crippen LogP contribution in [-0.4, -0.2) is 59.9 Å². The van der Waals surface area contributed by atoms with Crippen LogP contribution >= 0.6 is 23.2 Å². The third-order valence-electron chi connectivity index (χ3n) is 6.27. The number of halogens is 2. The maximum absolute atomic E-state index is 13.0. The van der Waals surface area contributed by atoms with Crippen molar-refractivity contribution in [1.29, 1.82) is 0 Å². The van der Waals surface area contributed by atoms with Crippen LogP contribution in [0.3, 0.4) is 0 Å². The Morgan fingerprint density at radius 3 is 2.38 bits per heavy atom. The van der Waals surface area contributed by atoms with Crippen LogP contribution in [0.5, 0.6) is 0 Å². The number of nitrogens with zero attached hydrogens (tertiary/aromatic N) is 2. The molecule has 2 amide bonds. The van der Waals surface area contributed by atoms with Gasteiger partial charge in [-0.05, 0) is 50.3 Å². The molecule has 1 aromatic rings. The van der Waals surface area contributed by atoms with E-state index in [1.165, 1.54) is 12.8 Å². The van der Waals surface area contributed by atoms with Gasteiger partial charge >= 0.3 is 0 Å². The van der Waals surface area contributed by atoms with Crippen LogP contribution in [0.2, 0.25) is 10.0 Å². The van der Waals surface area contributed by atoms with Gasteiger partial charge in [-0.15, -0.1) is 0 Å². The van der Waals surface area contributed by atoms with Crippen molar-refractivity contribution < 1.29 is 9.59 Å². The second-order valence-electron chi connectivity index (χ2n) is 8.26. The van der Waals surface area contributed by atoms with Gasteiger partial charge in [0.15, 0.2) is 0 Å². The summed E-state index contributed by atoms with van der Waals surface area (Å²) in [5.41, 5.74) is 0.478. The van der Waals surface area contributed by atoms with Crippen molar-refractivity contribution in [3.63, 3.8) is 0 Å². The van der Waals surface area contributed by atoms with Crippen LogP contribution in [-0.2, 0) is 4.79 Å². The minimum absolute atomic E-state index is 0.0761. The lowest BCUT2D eigenvalue weighted by Crippen LogP contribution is -2.58. The number of nitrogens with one attached hydrogen (secondary N) is 1. The van der Waals surface area contributed by atoms with Crippen molar-refractivity contribution in [3.05, 3.63) is 33.8 Å². The Balaban J connectivity index is 1.66. The van der Waals surface area contributed by atoms with Crippen molar-refractivity contribution in [1.82, 2.24) is 15.1 Å². The molecular formula is C22H31Cl2N3O2. The van der Waals surface area contributed by atoms with Crippen LogP contribution in [0.15, 0.2) is 18.2 Å². The van der Waals surface area contributed by atoms with E-state index >= 15 is 0 Å². The molecule has 29 heavy (non-hydrogen) atoms. The zero-order valence-electron chi connectivity index (χ0n) is 17.3. The number of benzene rings is 1. The van der Waals surface area contributed by atoms with E-state index in [1.807, 2.05) is 4.90 Å². The van der Waals surface area contributed by atoms with Crippen LogP contribution in [0, 0.1) is 5.92 Å². The fraction of sp³-hybridized carbons (Fsp3) is 0.636. The lowest BCUT2D eigenvalue weighted by atomic mass is 9.94. The van der Waals surface area contributed by atoms with Gasteiger partial charge in [0, 0.05) is 37.2 Å². The summed E-state index contributed by atoms with van der Waals surface area (Å²) in [6.45, 7) is 6.73. The highest BCUT2D eigenvalue weighted by atomic mass is 35.5. The van der Waals surface area contributed by atoms with Gasteiger partial charge in [0.25, 0.3) is 5.91 Å². The van der Waals surface area contributed by atoms with Gasteiger partial charge in [-0.3, -0.25) is 14.5 Å². The van der Waals surface area contributed by atoms with E-state index in [0.717, 1.165) is 19.3 Å². The molecule has 1 aliphatic carbocycles. The Morgan fingerprint density at radius 1 is 1.14 bits per heavy atom. The Kier molecular flexibility index (Phi) is 7.83. The van der Waals surface area contributed by atoms with Crippen LogP contribution in [0.25, 0.3) is 0 Å². The third kappa shape index (κ3) is 5.44. The molecule has 1 saturated carbocycles. The monoisotopic (exact) mass is 439 g/mol. The molecule has 0 unspecified atom stereocenters. The van der Waals surface area contributed by atoms with Gasteiger partial charge in [-0.1, -0.05) is 43.0 Å². The number of hydrogen-bond acceptors (Lipinski definition) is 3. The molecule has 1 heterocycles. The smallest absolute Gasteiger partial charge is 0.255 e. The van der Waals surface area contributed by atoms with Crippen LogP contribution < -0.4 is 5.32 Å². The summed E-state index contributed by atoms with van der Waals surface area (Å²) in [5, 5.41) is 4.08. The second kappa shape index (κ2) is 10.1. The fourth-order valence-electron chi connectivity index (χ4n) is 4.42. The number of amides is 2. The molecule has 2 atom stereocenters. The van der Waals surface area contributed by atoms with Crippen molar-refractivity contribution >= 4 is 35.0 Å². The molecule has 7 heteroatoms. The van der Waals surface area contributed by atoms with Gasteiger partial charge in [-0.25, -0.2) is 0 Å². The van der Waals surface area contributed by atoms with E-state index in [4.69, 9.17) is 23.2 Å². The zero-order valence-corrected chi connectivity index (χ0v) is 18.8. The minimum atomic E-state index is -0.0946. The minimum Gasteiger partial charge on any atom is -0.352 e. The predicted octanol–water partition coefficient (Wildman–Crippen LogP) is 4.22. The maximum Gasteiger partial charge on any atom is 0.255 e. The van der Waals surface area contributed by atoms with E-state index in [2.05, 4.69) is 24.1 Å². The highest BCUT2D eigenvalue weighted by Gasteiger charge is 2.37. The van der Waals surface area contributed by atoms with Crippen molar-refractivity contribution in [2.45, 2.75) is 58.0 Å². The number of carbonyl (C=O) groups excluding carboxylic acids is 2. The molecule has 1 N–H and O–H groups in total. The SMILES string of the molecule is CC[C@@H](C)NC(=O)[C@H](C1CCCC1)N1CCN(C(=O)c2ccc(Cl)cc2Cl)CC1. The normalized spacial score (nSPS) is 20.5. The van der Waals surface area contributed by atoms with Gasteiger partial charge in [0.2, 0.25) is 5.91 Å². The number of piperazine rings is 1. The van der Waals surface area contributed by atoms with Gasteiger partial charge in [0.1, 0.15) is 0 Å². The summed E-state index contributed by atoms with van der Waals surface area (Å²) in [6, 6.07) is 5.05. The molecule has 1 aliphatic heterocycles. The van der Waals surface area contributed by atoms with E-state index in [9.17, 15) is 9.59 Å². The summed E-state index contributed by atoms with van der Waals surface area (Å²) in [5.74, 6) is 0.478. The molecule has 1 aromatic carbocycles. The standard InChI is InChI=1S/C22H31Cl2N3O2/c1-3-15(2)25-21(28)20(16-6-4-5-7-16)26-10-12-27(13-11-26)22(29)18-9-8-17(23)14-19(18)24/h8-9,14-16,20H,3-7,10-13H2,1-2H3,(H,25,28)/t15-,20+/m1/s1. The first-order valence-corrected chi connectivity index (χ1v) is 11.4. The molecule has 0 bridgehead atoms. The Bertz CT molecular complexity index is 729. The van der Waals surface area contributed by atoms with E-state index in [1.54, 1.807) is 18.2 Å². The third-order valence-corrected chi connectivity index (χ3v) is 6.82. The van der Waals surface area contributed by atoms with E-state index in [-0.39, 0.29) is 23.9 Å². The topological polar surface area (TPSA) is 52.7 Å². The summed E-state index contributed by atoms with van der Waals surface area (Å²) in [7, 11) is 0. The summed E-state index contributed by atoms with van der Waals surface area (Å²) in [6.07, 6.45) is 5.54. The number of rotatable bonds is 6. The highest BCUT2D eigenvalue weighted by Crippen LogP contribution is 2.31.